The first kappa shape index (κ1) is 22.9. The normalized spacial score (nSPS) is 17.7. The zero-order valence-corrected chi connectivity index (χ0v) is 19.3. The van der Waals surface area contributed by atoms with E-state index in [-0.39, 0.29) is 19.1 Å². The van der Waals surface area contributed by atoms with E-state index >= 15 is 0 Å². The summed E-state index contributed by atoms with van der Waals surface area (Å²) in [6.45, 7) is 0.643. The summed E-state index contributed by atoms with van der Waals surface area (Å²) < 4.78 is 22.6. The second kappa shape index (κ2) is 9.76. The lowest BCUT2D eigenvalue weighted by Crippen LogP contribution is -2.33. The van der Waals surface area contributed by atoms with Crippen LogP contribution in [0.3, 0.4) is 0 Å². The number of carboxylic acid groups (broad SMARTS) is 1. The van der Waals surface area contributed by atoms with Crippen molar-refractivity contribution in [1.82, 2.24) is 5.32 Å². The second-order valence-corrected chi connectivity index (χ2v) is 8.59. The number of hydrogen-bond acceptors (Lipinski definition) is 6. The highest BCUT2D eigenvalue weighted by Crippen LogP contribution is 2.39. The summed E-state index contributed by atoms with van der Waals surface area (Å²) in [6.07, 6.45) is -0.0538. The van der Waals surface area contributed by atoms with Gasteiger partial charge >= 0.3 is 5.97 Å². The van der Waals surface area contributed by atoms with Crippen molar-refractivity contribution in [2.75, 3.05) is 13.3 Å². The first-order valence-corrected chi connectivity index (χ1v) is 11.5. The molecule has 2 atom stereocenters. The van der Waals surface area contributed by atoms with Crippen LogP contribution in [-0.4, -0.2) is 36.6 Å². The van der Waals surface area contributed by atoms with Gasteiger partial charge in [0.05, 0.1) is 5.92 Å². The van der Waals surface area contributed by atoms with Gasteiger partial charge in [0, 0.05) is 29.1 Å². The molecule has 0 saturated heterocycles. The number of fused-ring (bicyclic) bond motifs is 2. The maximum Gasteiger partial charge on any atom is 0.311 e. The Kier molecular flexibility index (Phi) is 6.37. The van der Waals surface area contributed by atoms with Crippen LogP contribution in [-0.2, 0) is 11.2 Å². The lowest BCUT2D eigenvalue weighted by atomic mass is 9.92. The molecule has 0 fully saturated rings. The van der Waals surface area contributed by atoms with Crippen molar-refractivity contribution in [3.8, 4) is 23.0 Å². The van der Waals surface area contributed by atoms with Crippen LogP contribution in [0.2, 0.25) is 5.02 Å². The molecule has 0 aromatic heterocycles. The van der Waals surface area contributed by atoms with Crippen LogP contribution in [0.4, 0.5) is 0 Å². The molecule has 2 unspecified atom stereocenters. The minimum Gasteiger partial charge on any atom is -0.481 e. The Morgan fingerprint density at radius 1 is 1.06 bits per heavy atom. The summed E-state index contributed by atoms with van der Waals surface area (Å²) in [6, 6.07) is 17.2. The van der Waals surface area contributed by atoms with Crippen LogP contribution in [0.25, 0.3) is 0 Å². The van der Waals surface area contributed by atoms with Crippen LogP contribution >= 0.6 is 11.6 Å². The standard InChI is InChI=1S/C26H22ClNO7/c27-17-6-9-21-19(12-17)20(26(30)31)13-23(35-21)34-18-7-4-16(5-8-18)25(29)28-11-10-15-2-1-3-22-24(15)33-14-32-22/h1-9,12,20,23H,10-11,13-14H2,(H,28,29)(H,30,31). The molecule has 180 valence electrons. The highest BCUT2D eigenvalue weighted by atomic mass is 35.5. The average Bonchev–Trinajstić information content (AvgIpc) is 3.34. The Morgan fingerprint density at radius 2 is 1.89 bits per heavy atom. The molecular weight excluding hydrogens is 474 g/mol. The molecule has 0 spiro atoms. The molecular formula is C26H22ClNO7. The summed E-state index contributed by atoms with van der Waals surface area (Å²) in [5, 5.41) is 13.0. The van der Waals surface area contributed by atoms with E-state index in [4.69, 9.17) is 30.5 Å². The number of rotatable bonds is 7. The Hall–Kier alpha value is -3.91. The highest BCUT2D eigenvalue weighted by molar-refractivity contribution is 6.30. The van der Waals surface area contributed by atoms with E-state index in [1.807, 2.05) is 18.2 Å². The molecule has 2 N–H and O–H groups in total. The number of carbonyl (C=O) groups excluding carboxylic acids is 1. The van der Waals surface area contributed by atoms with Crippen LogP contribution < -0.4 is 24.3 Å². The molecule has 35 heavy (non-hydrogen) atoms. The SMILES string of the molecule is O=C(NCCc1cccc2c1OCO2)c1ccc(OC2CC(C(=O)O)c3cc(Cl)ccc3O2)cc1. The molecule has 2 heterocycles. The Labute approximate surface area is 206 Å². The Balaban J connectivity index is 1.18. The predicted octanol–water partition coefficient (Wildman–Crippen LogP) is 4.40. The van der Waals surface area contributed by atoms with Crippen LogP contribution in [0.15, 0.2) is 60.7 Å². The molecule has 2 aliphatic rings. The smallest absolute Gasteiger partial charge is 0.311 e. The van der Waals surface area contributed by atoms with E-state index in [0.29, 0.717) is 46.4 Å². The van der Waals surface area contributed by atoms with Gasteiger partial charge in [0.25, 0.3) is 5.91 Å². The van der Waals surface area contributed by atoms with Gasteiger partial charge in [-0.1, -0.05) is 23.7 Å². The van der Waals surface area contributed by atoms with E-state index in [0.717, 1.165) is 11.3 Å². The first-order chi connectivity index (χ1) is 17.0. The fourth-order valence-corrected chi connectivity index (χ4v) is 4.33. The van der Waals surface area contributed by atoms with E-state index in [2.05, 4.69) is 5.32 Å². The summed E-state index contributed by atoms with van der Waals surface area (Å²) in [4.78, 5) is 24.3. The third-order valence-corrected chi connectivity index (χ3v) is 6.11. The third-order valence-electron chi connectivity index (χ3n) is 5.87. The molecule has 0 aliphatic carbocycles. The van der Waals surface area contributed by atoms with Crippen LogP contribution in [0.1, 0.15) is 33.8 Å². The van der Waals surface area contributed by atoms with E-state index in [1.165, 1.54) is 0 Å². The number of benzene rings is 3. The van der Waals surface area contributed by atoms with Crippen LogP contribution in [0, 0.1) is 0 Å². The zero-order chi connectivity index (χ0) is 24.4. The van der Waals surface area contributed by atoms with Crippen molar-refractivity contribution in [2.24, 2.45) is 0 Å². The van der Waals surface area contributed by atoms with Crippen LogP contribution in [0.5, 0.6) is 23.0 Å². The maximum absolute atomic E-state index is 12.5. The van der Waals surface area contributed by atoms with Gasteiger partial charge in [-0.05, 0) is 60.5 Å². The largest absolute Gasteiger partial charge is 0.481 e. The van der Waals surface area contributed by atoms with Crippen molar-refractivity contribution >= 4 is 23.5 Å². The molecule has 2 aliphatic heterocycles. The first-order valence-electron chi connectivity index (χ1n) is 11.1. The lowest BCUT2D eigenvalue weighted by Gasteiger charge is -2.30. The topological polar surface area (TPSA) is 103 Å². The molecule has 0 saturated carbocycles. The number of nitrogens with one attached hydrogen (secondary N) is 1. The number of para-hydroxylation sites is 1. The van der Waals surface area contributed by atoms with Gasteiger partial charge < -0.3 is 29.4 Å². The van der Waals surface area contributed by atoms with Crippen molar-refractivity contribution < 1.29 is 33.6 Å². The highest BCUT2D eigenvalue weighted by Gasteiger charge is 2.34. The van der Waals surface area contributed by atoms with Gasteiger partial charge in [0.2, 0.25) is 13.1 Å². The number of amides is 1. The third kappa shape index (κ3) is 4.97. The predicted molar refractivity (Wildman–Crippen MR) is 127 cm³/mol. The molecule has 0 radical (unpaired) electrons. The molecule has 0 bridgehead atoms. The molecule has 1 amide bonds. The minimum atomic E-state index is -0.975. The average molecular weight is 496 g/mol. The fraction of sp³-hybridized carbons (Fsp3) is 0.231. The van der Waals surface area contributed by atoms with Gasteiger partial charge in [-0.15, -0.1) is 0 Å². The molecule has 9 heteroatoms. The van der Waals surface area contributed by atoms with E-state index in [1.54, 1.807) is 42.5 Å². The van der Waals surface area contributed by atoms with Crippen molar-refractivity contribution in [2.45, 2.75) is 25.0 Å². The molecule has 3 aromatic rings. The second-order valence-electron chi connectivity index (χ2n) is 8.16. The number of halogens is 1. The van der Waals surface area contributed by atoms with E-state index in [9.17, 15) is 14.7 Å². The quantitative estimate of drug-likeness (QED) is 0.500. The van der Waals surface area contributed by atoms with Crippen molar-refractivity contribution in [1.29, 1.82) is 0 Å². The number of hydrogen-bond donors (Lipinski definition) is 2. The number of aliphatic carboxylic acids is 1. The monoisotopic (exact) mass is 495 g/mol. The number of ether oxygens (including phenoxy) is 4. The lowest BCUT2D eigenvalue weighted by molar-refractivity contribution is -0.141. The summed E-state index contributed by atoms with van der Waals surface area (Å²) in [5.41, 5.74) is 1.97. The Bertz CT molecular complexity index is 1260. The fourth-order valence-electron chi connectivity index (χ4n) is 4.15. The van der Waals surface area contributed by atoms with E-state index < -0.39 is 18.2 Å². The van der Waals surface area contributed by atoms with Gasteiger partial charge in [0.1, 0.15) is 11.5 Å². The maximum atomic E-state index is 12.5. The molecule has 8 nitrogen and oxygen atoms in total. The minimum absolute atomic E-state index is 0.128. The van der Waals surface area contributed by atoms with Crippen molar-refractivity contribution in [3.05, 3.63) is 82.4 Å². The number of carbonyl (C=O) groups is 2. The number of carboxylic acids is 1. The molecule has 5 rings (SSSR count). The summed E-state index contributed by atoms with van der Waals surface area (Å²) in [7, 11) is 0. The summed E-state index contributed by atoms with van der Waals surface area (Å²) >= 11 is 6.02. The Morgan fingerprint density at radius 3 is 2.69 bits per heavy atom. The van der Waals surface area contributed by atoms with Crippen molar-refractivity contribution in [3.63, 3.8) is 0 Å². The summed E-state index contributed by atoms with van der Waals surface area (Å²) in [5.74, 6) is 0.344. The van der Waals surface area contributed by atoms with Gasteiger partial charge in [-0.3, -0.25) is 9.59 Å². The van der Waals surface area contributed by atoms with Gasteiger partial charge in [0.15, 0.2) is 11.5 Å². The molecule has 3 aromatic carbocycles. The van der Waals surface area contributed by atoms with Gasteiger partial charge in [-0.2, -0.15) is 0 Å². The zero-order valence-electron chi connectivity index (χ0n) is 18.5. The van der Waals surface area contributed by atoms with Gasteiger partial charge in [-0.25, -0.2) is 0 Å².